The summed E-state index contributed by atoms with van der Waals surface area (Å²) in [7, 11) is 0. The summed E-state index contributed by atoms with van der Waals surface area (Å²) in [5.41, 5.74) is 1.83. The largest absolute Gasteiger partial charge is 0.481 e. The summed E-state index contributed by atoms with van der Waals surface area (Å²) in [6.45, 7) is 0. The lowest BCUT2D eigenvalue weighted by Crippen LogP contribution is -2.39. The number of nitrogens with one attached hydrogen (secondary N) is 1. The number of benzene rings is 1. The molecule has 5 heteroatoms. The zero-order valence-corrected chi connectivity index (χ0v) is 13.0. The molecule has 2 atom stereocenters. The number of amides is 1. The van der Waals surface area contributed by atoms with E-state index in [1.54, 1.807) is 11.8 Å². The van der Waals surface area contributed by atoms with Gasteiger partial charge in [0.2, 0.25) is 0 Å². The summed E-state index contributed by atoms with van der Waals surface area (Å²) in [4.78, 5) is 23.2. The minimum absolute atomic E-state index is 0.0294. The Labute approximate surface area is 129 Å². The highest BCUT2D eigenvalue weighted by Gasteiger charge is 2.27. The zero-order valence-electron chi connectivity index (χ0n) is 12.2. The van der Waals surface area contributed by atoms with Gasteiger partial charge < -0.3 is 10.4 Å². The van der Waals surface area contributed by atoms with Crippen molar-refractivity contribution in [2.45, 2.75) is 37.5 Å². The van der Waals surface area contributed by atoms with E-state index in [0.29, 0.717) is 18.4 Å². The third-order valence-electron chi connectivity index (χ3n) is 3.89. The van der Waals surface area contributed by atoms with Gasteiger partial charge in [-0.2, -0.15) is 11.8 Å². The monoisotopic (exact) mass is 307 g/mol. The normalized spacial score (nSPS) is 21.8. The molecule has 0 radical (unpaired) electrons. The Morgan fingerprint density at radius 3 is 2.62 bits per heavy atom. The molecular formula is C16H21NO3S. The van der Waals surface area contributed by atoms with Gasteiger partial charge in [0.15, 0.2) is 0 Å². The minimum Gasteiger partial charge on any atom is -0.481 e. The fraction of sp³-hybridized carbons (Fsp3) is 0.500. The zero-order chi connectivity index (χ0) is 15.2. The van der Waals surface area contributed by atoms with Gasteiger partial charge in [-0.3, -0.25) is 9.59 Å². The predicted octanol–water partition coefficient (Wildman–Crippen LogP) is 2.92. The number of carboxylic acids is 1. The van der Waals surface area contributed by atoms with Gasteiger partial charge in [-0.15, -0.1) is 0 Å². The molecule has 0 aromatic heterocycles. The molecule has 0 heterocycles. The van der Waals surface area contributed by atoms with Crippen molar-refractivity contribution in [1.29, 1.82) is 0 Å². The molecule has 2 unspecified atom stereocenters. The second-order valence-electron chi connectivity index (χ2n) is 5.50. The molecule has 1 fully saturated rings. The van der Waals surface area contributed by atoms with E-state index in [1.807, 2.05) is 30.5 Å². The van der Waals surface area contributed by atoms with Crippen molar-refractivity contribution < 1.29 is 14.7 Å². The number of aliphatic carboxylic acids is 1. The van der Waals surface area contributed by atoms with Crippen molar-refractivity contribution in [3.05, 3.63) is 35.4 Å². The lowest BCUT2D eigenvalue weighted by Gasteiger charge is -2.27. The number of carbonyl (C=O) groups excluding carboxylic acids is 1. The van der Waals surface area contributed by atoms with Crippen LogP contribution >= 0.6 is 11.8 Å². The smallest absolute Gasteiger partial charge is 0.306 e. The number of hydrogen-bond acceptors (Lipinski definition) is 3. The summed E-state index contributed by atoms with van der Waals surface area (Å²) >= 11 is 1.74. The second kappa shape index (κ2) is 7.50. The molecule has 2 rings (SSSR count). The topological polar surface area (TPSA) is 66.4 Å². The van der Waals surface area contributed by atoms with Gasteiger partial charge >= 0.3 is 5.97 Å². The van der Waals surface area contributed by atoms with Crippen LogP contribution in [0.5, 0.6) is 0 Å². The fourth-order valence-electron chi connectivity index (χ4n) is 2.73. The van der Waals surface area contributed by atoms with Crippen LogP contribution < -0.4 is 5.32 Å². The summed E-state index contributed by atoms with van der Waals surface area (Å²) in [5.74, 6) is -0.254. The second-order valence-corrected chi connectivity index (χ2v) is 6.37. The molecular weight excluding hydrogens is 286 g/mol. The van der Waals surface area contributed by atoms with Gasteiger partial charge in [0.1, 0.15) is 0 Å². The standard InChI is InChI=1S/C16H21NO3S/c1-21-10-11-5-7-12(8-6-11)15(18)17-14-4-2-3-13(9-14)16(19)20/h5-8,13-14H,2-4,9-10H2,1H3,(H,17,18)(H,19,20). The van der Waals surface area contributed by atoms with E-state index in [1.165, 1.54) is 5.56 Å². The Hall–Kier alpha value is -1.49. The SMILES string of the molecule is CSCc1ccc(C(=O)NC2CCCC(C(=O)O)C2)cc1. The highest BCUT2D eigenvalue weighted by Crippen LogP contribution is 2.24. The van der Waals surface area contributed by atoms with Gasteiger partial charge in [0, 0.05) is 17.4 Å². The maximum Gasteiger partial charge on any atom is 0.306 e. The summed E-state index contributed by atoms with van der Waals surface area (Å²) in [5, 5.41) is 12.0. The molecule has 21 heavy (non-hydrogen) atoms. The fourth-order valence-corrected chi connectivity index (χ4v) is 3.26. The molecule has 0 spiro atoms. The molecule has 1 amide bonds. The van der Waals surface area contributed by atoms with Crippen molar-refractivity contribution >= 4 is 23.6 Å². The minimum atomic E-state index is -0.754. The average Bonchev–Trinajstić information content (AvgIpc) is 2.48. The van der Waals surface area contributed by atoms with Gasteiger partial charge in [-0.1, -0.05) is 18.6 Å². The number of hydrogen-bond donors (Lipinski definition) is 2. The summed E-state index contributed by atoms with van der Waals surface area (Å²) < 4.78 is 0. The molecule has 1 aliphatic carbocycles. The van der Waals surface area contributed by atoms with Crippen LogP contribution in [0, 0.1) is 5.92 Å². The van der Waals surface area contributed by atoms with Crippen molar-refractivity contribution in [3.63, 3.8) is 0 Å². The lowest BCUT2D eigenvalue weighted by atomic mass is 9.85. The van der Waals surface area contributed by atoms with Gasteiger partial charge in [-0.25, -0.2) is 0 Å². The van der Waals surface area contributed by atoms with Crippen LogP contribution in [0.2, 0.25) is 0 Å². The quantitative estimate of drug-likeness (QED) is 0.878. The first-order valence-corrected chi connectivity index (χ1v) is 8.61. The van der Waals surface area contributed by atoms with Crippen molar-refractivity contribution in [2.24, 2.45) is 5.92 Å². The maximum atomic E-state index is 12.2. The van der Waals surface area contributed by atoms with E-state index < -0.39 is 5.97 Å². The summed E-state index contributed by atoms with van der Waals surface area (Å²) in [6.07, 6.45) is 5.01. The van der Waals surface area contributed by atoms with E-state index in [2.05, 4.69) is 5.32 Å². The molecule has 0 bridgehead atoms. The first-order valence-electron chi connectivity index (χ1n) is 7.21. The first kappa shape index (κ1) is 15.9. The highest BCUT2D eigenvalue weighted by atomic mass is 32.2. The van der Waals surface area contributed by atoms with E-state index in [9.17, 15) is 9.59 Å². The van der Waals surface area contributed by atoms with Crippen LogP contribution in [0.3, 0.4) is 0 Å². The Morgan fingerprint density at radius 1 is 1.29 bits per heavy atom. The first-order chi connectivity index (χ1) is 10.1. The van der Waals surface area contributed by atoms with Gasteiger partial charge in [0.25, 0.3) is 5.91 Å². The highest BCUT2D eigenvalue weighted by molar-refractivity contribution is 7.97. The van der Waals surface area contributed by atoms with E-state index in [4.69, 9.17) is 5.11 Å². The number of carbonyl (C=O) groups is 2. The molecule has 1 aromatic rings. The van der Waals surface area contributed by atoms with E-state index >= 15 is 0 Å². The van der Waals surface area contributed by atoms with Crippen LogP contribution in [0.25, 0.3) is 0 Å². The Balaban J connectivity index is 1.92. The third-order valence-corrected chi connectivity index (χ3v) is 4.51. The summed E-state index contributed by atoms with van der Waals surface area (Å²) in [6, 6.07) is 7.56. The lowest BCUT2D eigenvalue weighted by molar-refractivity contribution is -0.143. The van der Waals surface area contributed by atoms with Gasteiger partial charge in [-0.05, 0) is 43.2 Å². The third kappa shape index (κ3) is 4.49. The van der Waals surface area contributed by atoms with E-state index in [0.717, 1.165) is 18.6 Å². The number of carboxylic acid groups (broad SMARTS) is 1. The number of rotatable bonds is 5. The Bertz CT molecular complexity index is 501. The van der Waals surface area contributed by atoms with Crippen LogP contribution in [-0.2, 0) is 10.5 Å². The molecule has 1 aliphatic rings. The molecule has 0 saturated heterocycles. The Kier molecular flexibility index (Phi) is 5.67. The van der Waals surface area contributed by atoms with Crippen molar-refractivity contribution in [2.75, 3.05) is 6.26 Å². The molecule has 0 aliphatic heterocycles. The molecule has 114 valence electrons. The average molecular weight is 307 g/mol. The van der Waals surface area contributed by atoms with Crippen LogP contribution in [0.4, 0.5) is 0 Å². The van der Waals surface area contributed by atoms with Crippen molar-refractivity contribution in [1.82, 2.24) is 5.32 Å². The van der Waals surface area contributed by atoms with E-state index in [-0.39, 0.29) is 17.9 Å². The molecule has 4 nitrogen and oxygen atoms in total. The van der Waals surface area contributed by atoms with Crippen LogP contribution in [0.15, 0.2) is 24.3 Å². The Morgan fingerprint density at radius 2 is 2.00 bits per heavy atom. The predicted molar refractivity (Wildman–Crippen MR) is 84.5 cm³/mol. The number of thioether (sulfide) groups is 1. The van der Waals surface area contributed by atoms with Crippen LogP contribution in [0.1, 0.15) is 41.6 Å². The molecule has 1 aromatic carbocycles. The molecule has 1 saturated carbocycles. The van der Waals surface area contributed by atoms with Gasteiger partial charge in [0.05, 0.1) is 5.92 Å². The maximum absolute atomic E-state index is 12.2. The molecule has 2 N–H and O–H groups in total. The van der Waals surface area contributed by atoms with Crippen LogP contribution in [-0.4, -0.2) is 29.3 Å². The van der Waals surface area contributed by atoms with Crippen molar-refractivity contribution in [3.8, 4) is 0 Å².